The number of hydrogen-bond acceptors (Lipinski definition) is 4. The molecule has 0 aromatic carbocycles. The van der Waals surface area contributed by atoms with E-state index in [2.05, 4.69) is 21.4 Å². The average molecular weight is 223 g/mol. The Balaban J connectivity index is 1.83. The van der Waals surface area contributed by atoms with Crippen molar-refractivity contribution in [2.24, 2.45) is 0 Å². The van der Waals surface area contributed by atoms with Crippen molar-refractivity contribution < 1.29 is 4.39 Å². The summed E-state index contributed by atoms with van der Waals surface area (Å²) in [5.74, 6) is 0.0164. The van der Waals surface area contributed by atoms with Crippen LogP contribution in [0.5, 0.6) is 0 Å². The van der Waals surface area contributed by atoms with Gasteiger partial charge < -0.3 is 5.32 Å². The smallest absolute Gasteiger partial charge is 0.217 e. The molecule has 0 aliphatic carbocycles. The van der Waals surface area contributed by atoms with Crippen molar-refractivity contribution in [2.45, 2.75) is 6.42 Å². The van der Waals surface area contributed by atoms with Crippen LogP contribution < -0.4 is 5.32 Å². The predicted molar refractivity (Wildman–Crippen MR) is 58.5 cm³/mol. The molecule has 15 heavy (non-hydrogen) atoms. The molecule has 78 valence electrons. The number of thiophene rings is 1. The largest absolute Gasteiger partial charge is 0.370 e. The molecule has 0 radical (unpaired) electrons. The summed E-state index contributed by atoms with van der Waals surface area (Å²) in [4.78, 5) is 8.58. The highest BCUT2D eigenvalue weighted by Gasteiger charge is 1.97. The van der Waals surface area contributed by atoms with Crippen LogP contribution in [-0.2, 0) is 6.42 Å². The second-order valence-corrected chi connectivity index (χ2v) is 4.01. The Morgan fingerprint density at radius 1 is 1.40 bits per heavy atom. The van der Waals surface area contributed by atoms with E-state index in [1.807, 2.05) is 11.4 Å². The highest BCUT2D eigenvalue weighted by molar-refractivity contribution is 7.09. The molecule has 0 fully saturated rings. The Kier molecular flexibility index (Phi) is 3.24. The van der Waals surface area contributed by atoms with Gasteiger partial charge in [0.05, 0.1) is 0 Å². The monoisotopic (exact) mass is 223 g/mol. The molecular weight excluding hydrogens is 213 g/mol. The summed E-state index contributed by atoms with van der Waals surface area (Å²) >= 11 is 1.71. The molecule has 2 aromatic heterocycles. The van der Waals surface area contributed by atoms with Crippen LogP contribution in [0.25, 0.3) is 0 Å². The zero-order chi connectivity index (χ0) is 10.5. The molecule has 0 aliphatic rings. The molecule has 0 saturated heterocycles. The molecule has 2 aromatic rings. The van der Waals surface area contributed by atoms with Crippen LogP contribution in [-0.4, -0.2) is 16.5 Å². The van der Waals surface area contributed by atoms with Gasteiger partial charge in [0.25, 0.3) is 0 Å². The van der Waals surface area contributed by atoms with Crippen molar-refractivity contribution in [2.75, 3.05) is 11.9 Å². The third kappa shape index (κ3) is 2.99. The van der Waals surface area contributed by atoms with E-state index in [1.165, 1.54) is 17.3 Å². The first-order valence-electron chi connectivity index (χ1n) is 4.58. The van der Waals surface area contributed by atoms with Crippen LogP contribution in [0.3, 0.4) is 0 Å². The summed E-state index contributed by atoms with van der Waals surface area (Å²) in [5, 5.41) is 5.08. The van der Waals surface area contributed by atoms with E-state index in [0.717, 1.165) is 13.0 Å². The van der Waals surface area contributed by atoms with Gasteiger partial charge in [-0.25, -0.2) is 9.97 Å². The van der Waals surface area contributed by atoms with Crippen LogP contribution in [0.4, 0.5) is 10.2 Å². The van der Waals surface area contributed by atoms with Crippen molar-refractivity contribution >= 4 is 17.2 Å². The number of hydrogen-bond donors (Lipinski definition) is 1. The number of anilines is 1. The molecule has 0 bridgehead atoms. The Labute approximate surface area is 91.0 Å². The zero-order valence-corrected chi connectivity index (χ0v) is 8.80. The van der Waals surface area contributed by atoms with E-state index >= 15 is 0 Å². The van der Waals surface area contributed by atoms with Crippen LogP contribution in [0.2, 0.25) is 0 Å². The lowest BCUT2D eigenvalue weighted by Gasteiger charge is -2.03. The molecular formula is C10H10FN3S. The molecule has 2 heterocycles. The van der Waals surface area contributed by atoms with E-state index in [-0.39, 0.29) is 0 Å². The number of halogens is 1. The molecule has 2 rings (SSSR count). The number of nitrogens with one attached hydrogen (secondary N) is 1. The third-order valence-corrected chi connectivity index (χ3v) is 2.83. The first-order chi connectivity index (χ1) is 7.34. The summed E-state index contributed by atoms with van der Waals surface area (Å²) in [7, 11) is 0. The molecule has 0 unspecified atom stereocenters. The van der Waals surface area contributed by atoms with Gasteiger partial charge in [0.2, 0.25) is 5.95 Å². The number of rotatable bonds is 4. The maximum atomic E-state index is 12.7. The van der Waals surface area contributed by atoms with Gasteiger partial charge in [-0.05, 0) is 17.9 Å². The molecule has 1 N–H and O–H groups in total. The van der Waals surface area contributed by atoms with E-state index in [4.69, 9.17) is 0 Å². The fraction of sp³-hybridized carbons (Fsp3) is 0.200. The van der Waals surface area contributed by atoms with Crippen molar-refractivity contribution in [3.63, 3.8) is 0 Å². The normalized spacial score (nSPS) is 10.2. The van der Waals surface area contributed by atoms with Gasteiger partial charge in [-0.2, -0.15) is 4.39 Å². The van der Waals surface area contributed by atoms with Crippen LogP contribution in [0, 0.1) is 5.95 Å². The quantitative estimate of drug-likeness (QED) is 0.808. The van der Waals surface area contributed by atoms with Crippen molar-refractivity contribution in [3.05, 3.63) is 40.7 Å². The maximum Gasteiger partial charge on any atom is 0.217 e. The lowest BCUT2D eigenvalue weighted by Crippen LogP contribution is -2.06. The topological polar surface area (TPSA) is 37.8 Å². The van der Waals surface area contributed by atoms with Gasteiger partial charge in [0.1, 0.15) is 12.1 Å². The summed E-state index contributed by atoms with van der Waals surface area (Å²) in [6.07, 6.45) is 2.13. The minimum Gasteiger partial charge on any atom is -0.370 e. The molecule has 0 spiro atoms. The standard InChI is InChI=1S/C10H10FN3S/c11-9-6-10(14-7-13-9)12-4-3-8-2-1-5-15-8/h1-2,5-7H,3-4H2,(H,12,13,14). The minimum absolute atomic E-state index is 0.511. The molecule has 5 heteroatoms. The molecule has 3 nitrogen and oxygen atoms in total. The first-order valence-corrected chi connectivity index (χ1v) is 5.46. The van der Waals surface area contributed by atoms with Gasteiger partial charge >= 0.3 is 0 Å². The number of aromatic nitrogens is 2. The second kappa shape index (κ2) is 4.84. The molecule has 0 aliphatic heterocycles. The summed E-state index contributed by atoms with van der Waals surface area (Å²) in [5.41, 5.74) is 0. The van der Waals surface area contributed by atoms with Crippen LogP contribution in [0.1, 0.15) is 4.88 Å². The summed E-state index contributed by atoms with van der Waals surface area (Å²) in [6, 6.07) is 5.38. The van der Waals surface area contributed by atoms with E-state index in [0.29, 0.717) is 5.82 Å². The van der Waals surface area contributed by atoms with Crippen LogP contribution >= 0.6 is 11.3 Å². The molecule has 0 atom stereocenters. The SMILES string of the molecule is Fc1cc(NCCc2cccs2)ncn1. The van der Waals surface area contributed by atoms with Gasteiger partial charge in [-0.1, -0.05) is 6.07 Å². The maximum absolute atomic E-state index is 12.7. The van der Waals surface area contributed by atoms with Crippen molar-refractivity contribution in [1.29, 1.82) is 0 Å². The van der Waals surface area contributed by atoms with Gasteiger partial charge in [0.15, 0.2) is 0 Å². The Bertz CT molecular complexity index is 416. The van der Waals surface area contributed by atoms with E-state index in [9.17, 15) is 4.39 Å². The van der Waals surface area contributed by atoms with E-state index < -0.39 is 5.95 Å². The van der Waals surface area contributed by atoms with Crippen molar-refractivity contribution in [3.8, 4) is 0 Å². The minimum atomic E-state index is -0.511. The lowest BCUT2D eigenvalue weighted by atomic mass is 10.3. The van der Waals surface area contributed by atoms with Crippen molar-refractivity contribution in [1.82, 2.24) is 9.97 Å². The van der Waals surface area contributed by atoms with Gasteiger partial charge in [0, 0.05) is 17.5 Å². The first kappa shape index (κ1) is 10.0. The predicted octanol–water partition coefficient (Wildman–Crippen LogP) is 2.33. The molecule has 0 amide bonds. The Morgan fingerprint density at radius 2 is 2.33 bits per heavy atom. The van der Waals surface area contributed by atoms with Gasteiger partial charge in [-0.15, -0.1) is 11.3 Å². The Hall–Kier alpha value is -1.49. The highest BCUT2D eigenvalue weighted by Crippen LogP contribution is 2.09. The van der Waals surface area contributed by atoms with Crippen LogP contribution in [0.15, 0.2) is 29.9 Å². The summed E-state index contributed by atoms with van der Waals surface area (Å²) in [6.45, 7) is 0.747. The fourth-order valence-corrected chi connectivity index (χ4v) is 1.91. The zero-order valence-electron chi connectivity index (χ0n) is 7.98. The van der Waals surface area contributed by atoms with Gasteiger partial charge in [-0.3, -0.25) is 0 Å². The average Bonchev–Trinajstić information content (AvgIpc) is 2.71. The second-order valence-electron chi connectivity index (χ2n) is 2.98. The number of nitrogens with zero attached hydrogens (tertiary/aromatic N) is 2. The molecule has 0 saturated carbocycles. The summed E-state index contributed by atoms with van der Waals surface area (Å²) < 4.78 is 12.7. The fourth-order valence-electron chi connectivity index (χ4n) is 1.20. The third-order valence-electron chi connectivity index (χ3n) is 1.89. The highest BCUT2D eigenvalue weighted by atomic mass is 32.1. The van der Waals surface area contributed by atoms with E-state index in [1.54, 1.807) is 11.3 Å². The lowest BCUT2D eigenvalue weighted by molar-refractivity contribution is 0.580. The Morgan fingerprint density at radius 3 is 3.07 bits per heavy atom.